The third-order valence-corrected chi connectivity index (χ3v) is 7.83. The van der Waals surface area contributed by atoms with E-state index in [1.54, 1.807) is 0 Å². The van der Waals surface area contributed by atoms with Crippen molar-refractivity contribution >= 4 is 0 Å². The van der Waals surface area contributed by atoms with Crippen LogP contribution in [0.5, 0.6) is 11.5 Å². The summed E-state index contributed by atoms with van der Waals surface area (Å²) in [4.78, 5) is 0. The van der Waals surface area contributed by atoms with Gasteiger partial charge in [-0.15, -0.1) is 0 Å². The minimum atomic E-state index is -0.967. The molecule has 2 fully saturated rings. The Balaban J connectivity index is 1.36. The summed E-state index contributed by atoms with van der Waals surface area (Å²) in [5.74, 6) is 1.40. The van der Waals surface area contributed by atoms with Crippen molar-refractivity contribution in [3.63, 3.8) is 0 Å². The van der Waals surface area contributed by atoms with Crippen LogP contribution in [0.4, 0.5) is 8.78 Å². The largest absolute Gasteiger partial charge is 0.490 e. The Labute approximate surface area is 200 Å². The van der Waals surface area contributed by atoms with Gasteiger partial charge in [-0.1, -0.05) is 64.5 Å². The summed E-state index contributed by atoms with van der Waals surface area (Å²) in [7, 11) is 0. The summed E-state index contributed by atoms with van der Waals surface area (Å²) in [6, 6.07) is 2.92. The first-order valence-corrected chi connectivity index (χ1v) is 13.5. The van der Waals surface area contributed by atoms with Crippen molar-refractivity contribution in [2.45, 2.75) is 97.3 Å². The Morgan fingerprint density at radius 1 is 0.788 bits per heavy atom. The lowest BCUT2D eigenvalue weighted by molar-refractivity contribution is 0.152. The smallest absolute Gasteiger partial charge is 0.204 e. The molecule has 0 aliphatic heterocycles. The van der Waals surface area contributed by atoms with Gasteiger partial charge in [0.05, 0.1) is 6.61 Å². The summed E-state index contributed by atoms with van der Waals surface area (Å²) >= 11 is 0. The summed E-state index contributed by atoms with van der Waals surface area (Å²) in [6.45, 7) is 5.05. The monoisotopic (exact) mass is 462 g/mol. The van der Waals surface area contributed by atoms with Gasteiger partial charge in [-0.05, 0) is 80.8 Å². The van der Waals surface area contributed by atoms with Gasteiger partial charge < -0.3 is 9.47 Å². The van der Waals surface area contributed by atoms with Crippen molar-refractivity contribution in [3.05, 3.63) is 35.9 Å². The molecule has 2 aliphatic rings. The molecule has 186 valence electrons. The Kier molecular flexibility index (Phi) is 11.0. The standard InChI is InChI=1S/C29H44F2O2/c1-3-5-6-20-32-26-18-19-27(29(31)28(26)30)33-21-7-9-23-12-16-25(17-13-23)24-14-10-22(8-4-2)11-15-24/h7,9,18-19,22-25H,3-6,8,10-17,20-21H2,1-2H3. The minimum absolute atomic E-state index is 0.0397. The summed E-state index contributed by atoms with van der Waals surface area (Å²) in [5, 5.41) is 0. The van der Waals surface area contributed by atoms with Crippen LogP contribution < -0.4 is 9.47 Å². The van der Waals surface area contributed by atoms with Crippen molar-refractivity contribution in [1.82, 2.24) is 0 Å². The van der Waals surface area contributed by atoms with E-state index in [0.29, 0.717) is 12.5 Å². The molecule has 0 saturated heterocycles. The molecule has 0 bridgehead atoms. The molecule has 4 heteroatoms. The number of ether oxygens (including phenoxy) is 2. The molecule has 0 N–H and O–H groups in total. The highest BCUT2D eigenvalue weighted by Crippen LogP contribution is 2.42. The third-order valence-electron chi connectivity index (χ3n) is 7.83. The van der Waals surface area contributed by atoms with Gasteiger partial charge in [0, 0.05) is 0 Å². The molecule has 3 rings (SSSR count). The maximum atomic E-state index is 14.3. The Hall–Kier alpha value is -1.58. The lowest BCUT2D eigenvalue weighted by Crippen LogP contribution is -2.25. The lowest BCUT2D eigenvalue weighted by atomic mass is 9.69. The Morgan fingerprint density at radius 3 is 2.00 bits per heavy atom. The zero-order chi connectivity index (χ0) is 23.5. The van der Waals surface area contributed by atoms with Crippen molar-refractivity contribution in [3.8, 4) is 11.5 Å². The van der Waals surface area contributed by atoms with Crippen LogP contribution in [-0.2, 0) is 0 Å². The number of unbranched alkanes of at least 4 members (excludes halogenated alkanes) is 2. The highest BCUT2D eigenvalue weighted by molar-refractivity contribution is 5.35. The van der Waals surface area contributed by atoms with E-state index in [1.807, 2.05) is 6.08 Å². The molecule has 2 saturated carbocycles. The number of hydrogen-bond donors (Lipinski definition) is 0. The zero-order valence-electron chi connectivity index (χ0n) is 20.8. The molecule has 1 aromatic carbocycles. The van der Waals surface area contributed by atoms with Gasteiger partial charge in [0.2, 0.25) is 11.6 Å². The van der Waals surface area contributed by atoms with Gasteiger partial charge in [-0.3, -0.25) is 0 Å². The van der Waals surface area contributed by atoms with Crippen LogP contribution in [0.3, 0.4) is 0 Å². The summed E-state index contributed by atoms with van der Waals surface area (Å²) in [6.07, 6.45) is 20.7. The van der Waals surface area contributed by atoms with E-state index in [0.717, 1.165) is 37.0 Å². The van der Waals surface area contributed by atoms with Crippen LogP contribution in [0.1, 0.15) is 97.3 Å². The molecule has 2 nitrogen and oxygen atoms in total. The van der Waals surface area contributed by atoms with Crippen LogP contribution in [-0.4, -0.2) is 13.2 Å². The molecule has 0 radical (unpaired) electrons. The fourth-order valence-corrected chi connectivity index (χ4v) is 5.82. The second-order valence-corrected chi connectivity index (χ2v) is 10.2. The second-order valence-electron chi connectivity index (χ2n) is 10.2. The normalized spacial score (nSPS) is 25.9. The fraction of sp³-hybridized carbons (Fsp3) is 0.724. The van der Waals surface area contributed by atoms with E-state index < -0.39 is 11.6 Å². The quantitative estimate of drug-likeness (QED) is 0.228. The van der Waals surface area contributed by atoms with Crippen molar-refractivity contribution in [2.75, 3.05) is 13.2 Å². The third kappa shape index (κ3) is 8.00. The van der Waals surface area contributed by atoms with Gasteiger partial charge in [-0.25, -0.2) is 0 Å². The molecule has 0 atom stereocenters. The lowest BCUT2D eigenvalue weighted by Gasteiger charge is -2.37. The van der Waals surface area contributed by atoms with Crippen LogP contribution in [0.15, 0.2) is 24.3 Å². The molecule has 1 aromatic rings. The first-order valence-electron chi connectivity index (χ1n) is 13.5. The second kappa shape index (κ2) is 14.0. The predicted molar refractivity (Wildman–Crippen MR) is 132 cm³/mol. The van der Waals surface area contributed by atoms with Crippen LogP contribution in [0.25, 0.3) is 0 Å². The van der Waals surface area contributed by atoms with Crippen molar-refractivity contribution < 1.29 is 18.3 Å². The highest BCUT2D eigenvalue weighted by Gasteiger charge is 2.30. The average Bonchev–Trinajstić information content (AvgIpc) is 2.84. The van der Waals surface area contributed by atoms with Crippen molar-refractivity contribution in [2.24, 2.45) is 23.7 Å². The Bertz CT molecular complexity index is 717. The molecule has 0 unspecified atom stereocenters. The van der Waals surface area contributed by atoms with Crippen molar-refractivity contribution in [1.29, 1.82) is 0 Å². The topological polar surface area (TPSA) is 18.5 Å². The van der Waals surface area contributed by atoms with E-state index >= 15 is 0 Å². The minimum Gasteiger partial charge on any atom is -0.490 e. The summed E-state index contributed by atoms with van der Waals surface area (Å²) in [5.41, 5.74) is 0. The number of benzene rings is 1. The fourth-order valence-electron chi connectivity index (χ4n) is 5.82. The van der Waals surface area contributed by atoms with Crippen LogP contribution in [0.2, 0.25) is 0 Å². The molecule has 2 aliphatic carbocycles. The van der Waals surface area contributed by atoms with Gasteiger partial charge >= 0.3 is 0 Å². The molecule has 0 heterocycles. The van der Waals surface area contributed by atoms with E-state index in [1.165, 1.54) is 76.3 Å². The molecular weight excluding hydrogens is 418 g/mol. The van der Waals surface area contributed by atoms with Crippen LogP contribution in [0, 0.1) is 35.3 Å². The van der Waals surface area contributed by atoms with Gasteiger partial charge in [0.15, 0.2) is 11.5 Å². The molecule has 0 spiro atoms. The predicted octanol–water partition coefficient (Wildman–Crippen LogP) is 8.88. The molecule has 33 heavy (non-hydrogen) atoms. The SMILES string of the molecule is CCCCCOc1ccc(OCC=CC2CCC(C3CCC(CCC)CC3)CC2)c(F)c1F. The van der Waals surface area contributed by atoms with E-state index in [-0.39, 0.29) is 18.1 Å². The molecule has 0 aromatic heterocycles. The first-order chi connectivity index (χ1) is 16.1. The van der Waals surface area contributed by atoms with Gasteiger partial charge in [0.25, 0.3) is 0 Å². The number of allylic oxidation sites excluding steroid dienone is 1. The average molecular weight is 463 g/mol. The molecule has 0 amide bonds. The maximum absolute atomic E-state index is 14.3. The number of halogens is 2. The van der Waals surface area contributed by atoms with Gasteiger partial charge in [-0.2, -0.15) is 8.78 Å². The van der Waals surface area contributed by atoms with Crippen LogP contribution >= 0.6 is 0 Å². The number of hydrogen-bond acceptors (Lipinski definition) is 2. The molecular formula is C29H44F2O2. The highest BCUT2D eigenvalue weighted by atomic mass is 19.2. The van der Waals surface area contributed by atoms with E-state index in [4.69, 9.17) is 9.47 Å². The van der Waals surface area contributed by atoms with Gasteiger partial charge in [0.1, 0.15) is 6.61 Å². The van der Waals surface area contributed by atoms with E-state index in [2.05, 4.69) is 19.9 Å². The first kappa shape index (κ1) is 26.0. The van der Waals surface area contributed by atoms with E-state index in [9.17, 15) is 8.78 Å². The zero-order valence-corrected chi connectivity index (χ0v) is 20.8. The Morgan fingerprint density at radius 2 is 1.39 bits per heavy atom. The maximum Gasteiger partial charge on any atom is 0.204 e. The summed E-state index contributed by atoms with van der Waals surface area (Å²) < 4.78 is 39.4. The number of rotatable bonds is 12.